The molecule has 174 valence electrons. The summed E-state index contributed by atoms with van der Waals surface area (Å²) in [5, 5.41) is 26.2. The van der Waals surface area contributed by atoms with Crippen LogP contribution < -0.4 is 4.90 Å². The Labute approximate surface area is 192 Å². The van der Waals surface area contributed by atoms with E-state index in [4.69, 9.17) is 10.2 Å². The molecule has 2 rings (SSSR count). The molecule has 0 radical (unpaired) electrons. The van der Waals surface area contributed by atoms with Gasteiger partial charge in [-0.25, -0.2) is 4.98 Å². The topological polar surface area (TPSA) is 156 Å². The van der Waals surface area contributed by atoms with E-state index in [0.717, 1.165) is 5.69 Å². The van der Waals surface area contributed by atoms with Crippen LogP contribution >= 0.6 is 11.3 Å². The lowest BCUT2D eigenvalue weighted by Crippen LogP contribution is -2.26. The summed E-state index contributed by atoms with van der Waals surface area (Å²) in [6.45, 7) is 1.33. The van der Waals surface area contributed by atoms with Crippen LogP contribution in [0.2, 0.25) is 0 Å². The average molecular weight is 482 g/mol. The van der Waals surface area contributed by atoms with Crippen LogP contribution in [0.5, 0.6) is 0 Å². The number of unbranched alkanes of at least 4 members (excludes halogenated alkanes) is 2. The molecule has 0 saturated heterocycles. The molecule has 0 aliphatic rings. The van der Waals surface area contributed by atoms with Crippen molar-refractivity contribution in [3.63, 3.8) is 0 Å². The zero-order valence-electron chi connectivity index (χ0n) is 17.4. The summed E-state index contributed by atoms with van der Waals surface area (Å²) >= 11 is -0.881. The van der Waals surface area contributed by atoms with Crippen molar-refractivity contribution >= 4 is 50.9 Å². The molecule has 0 aliphatic carbocycles. The van der Waals surface area contributed by atoms with Crippen molar-refractivity contribution in [3.8, 4) is 0 Å². The molecule has 1 unspecified atom stereocenters. The Kier molecular flexibility index (Phi) is 10.9. The van der Waals surface area contributed by atoms with Gasteiger partial charge in [-0.05, 0) is 49.9 Å². The Balaban J connectivity index is 1.97. The van der Waals surface area contributed by atoms with Crippen LogP contribution in [-0.4, -0.2) is 54.7 Å². The van der Waals surface area contributed by atoms with Crippen LogP contribution in [0.1, 0.15) is 37.0 Å². The predicted molar refractivity (Wildman–Crippen MR) is 121 cm³/mol. The number of anilines is 1. The van der Waals surface area contributed by atoms with Crippen LogP contribution in [-0.2, 0) is 27.1 Å². The van der Waals surface area contributed by atoms with Gasteiger partial charge in [-0.3, -0.25) is 13.8 Å². The summed E-state index contributed by atoms with van der Waals surface area (Å²) in [4.78, 5) is 28.2. The van der Waals surface area contributed by atoms with Crippen molar-refractivity contribution in [1.29, 1.82) is 0 Å². The number of azo groups is 1. The first-order valence-electron chi connectivity index (χ1n) is 10.0. The number of rotatable bonds is 15. The monoisotopic (exact) mass is 481 g/mol. The van der Waals surface area contributed by atoms with Crippen molar-refractivity contribution in [2.45, 2.75) is 38.5 Å². The molecule has 1 heterocycles. The van der Waals surface area contributed by atoms with Gasteiger partial charge in [0, 0.05) is 42.0 Å². The number of carbonyl (C=O) groups is 2. The normalized spacial score (nSPS) is 12.2. The zero-order chi connectivity index (χ0) is 23.3. The first kappa shape index (κ1) is 25.6. The van der Waals surface area contributed by atoms with Crippen molar-refractivity contribution < 1.29 is 28.6 Å². The summed E-state index contributed by atoms with van der Waals surface area (Å²) in [5.74, 6) is -1.63. The van der Waals surface area contributed by atoms with E-state index >= 15 is 0 Å². The van der Waals surface area contributed by atoms with Gasteiger partial charge < -0.3 is 19.7 Å². The quantitative estimate of drug-likeness (QED) is 0.220. The lowest BCUT2D eigenvalue weighted by molar-refractivity contribution is -0.137. The minimum Gasteiger partial charge on any atom is -0.772 e. The van der Waals surface area contributed by atoms with Gasteiger partial charge in [0.1, 0.15) is 0 Å². The molecule has 2 N–H and O–H groups in total. The maximum Gasteiger partial charge on any atom is 0.308 e. The standard InChI is InChI=1S/C20H26N4O6S2/c25-18(26)5-1-2-10-24(11-3-4-12-32(29)30)16-8-6-15(7-9-16)22-23-20-21-14-17(31-20)13-19(27)28/h6-9,14H,1-5,10-13H2,(H,25,26)(H,27,28)(H,29,30)/p-1. The number of aromatic nitrogens is 1. The molecule has 0 spiro atoms. The summed E-state index contributed by atoms with van der Waals surface area (Å²) in [7, 11) is 0. The number of benzene rings is 1. The molecule has 0 amide bonds. The van der Waals surface area contributed by atoms with E-state index in [1.54, 1.807) is 12.1 Å². The molecule has 1 aromatic heterocycles. The van der Waals surface area contributed by atoms with Crippen LogP contribution in [0.15, 0.2) is 40.7 Å². The molecular weight excluding hydrogens is 456 g/mol. The molecule has 0 aliphatic heterocycles. The van der Waals surface area contributed by atoms with Crippen LogP contribution in [0.25, 0.3) is 0 Å². The lowest BCUT2D eigenvalue weighted by Gasteiger charge is -2.25. The van der Waals surface area contributed by atoms with Gasteiger partial charge in [0.25, 0.3) is 0 Å². The minimum absolute atomic E-state index is 0.102. The van der Waals surface area contributed by atoms with E-state index < -0.39 is 23.0 Å². The van der Waals surface area contributed by atoms with Gasteiger partial charge in [-0.15, -0.1) is 10.2 Å². The van der Waals surface area contributed by atoms with E-state index in [1.807, 2.05) is 12.1 Å². The minimum atomic E-state index is -2.05. The second-order valence-electron chi connectivity index (χ2n) is 6.95. The SMILES string of the molecule is O=C(O)CCCCN(CCCCS(=O)[O-])c1ccc(N=Nc2ncc(CC(=O)O)s2)cc1. The maximum atomic E-state index is 10.7. The Morgan fingerprint density at radius 2 is 1.72 bits per heavy atom. The van der Waals surface area contributed by atoms with Crippen LogP contribution in [0, 0.1) is 0 Å². The average Bonchev–Trinajstić information content (AvgIpc) is 3.17. The van der Waals surface area contributed by atoms with E-state index in [0.29, 0.717) is 54.5 Å². The van der Waals surface area contributed by atoms with Gasteiger partial charge in [0.2, 0.25) is 5.13 Å². The molecule has 1 aromatic carbocycles. The zero-order valence-corrected chi connectivity index (χ0v) is 19.0. The number of hydrogen-bond donors (Lipinski definition) is 2. The smallest absolute Gasteiger partial charge is 0.308 e. The molecule has 12 heteroatoms. The van der Waals surface area contributed by atoms with E-state index in [-0.39, 0.29) is 18.6 Å². The second-order valence-corrected chi connectivity index (χ2v) is 9.06. The van der Waals surface area contributed by atoms with Crippen molar-refractivity contribution in [3.05, 3.63) is 35.3 Å². The van der Waals surface area contributed by atoms with Gasteiger partial charge >= 0.3 is 11.9 Å². The maximum absolute atomic E-state index is 10.7. The first-order chi connectivity index (χ1) is 15.3. The number of thiazole rings is 1. The fourth-order valence-electron chi connectivity index (χ4n) is 2.88. The van der Waals surface area contributed by atoms with E-state index in [9.17, 15) is 18.4 Å². The number of hydrogen-bond acceptors (Lipinski definition) is 9. The summed E-state index contributed by atoms with van der Waals surface area (Å²) in [6, 6.07) is 7.35. The predicted octanol–water partition coefficient (Wildman–Crippen LogP) is 3.91. The summed E-state index contributed by atoms with van der Waals surface area (Å²) in [6.07, 6.45) is 4.04. The van der Waals surface area contributed by atoms with Crippen molar-refractivity contribution in [1.82, 2.24) is 4.98 Å². The third-order valence-corrected chi connectivity index (χ3v) is 5.89. The van der Waals surface area contributed by atoms with Crippen molar-refractivity contribution in [2.75, 3.05) is 23.7 Å². The van der Waals surface area contributed by atoms with Gasteiger partial charge in [0.15, 0.2) is 0 Å². The number of carboxylic acids is 2. The summed E-state index contributed by atoms with van der Waals surface area (Å²) in [5.41, 5.74) is 1.54. The lowest BCUT2D eigenvalue weighted by atomic mass is 10.2. The third kappa shape index (κ3) is 10.1. The number of nitrogens with zero attached hydrogens (tertiary/aromatic N) is 4. The first-order valence-corrected chi connectivity index (χ1v) is 12.1. The van der Waals surface area contributed by atoms with E-state index in [1.165, 1.54) is 17.5 Å². The molecule has 1 atom stereocenters. The highest BCUT2D eigenvalue weighted by Crippen LogP contribution is 2.26. The fraction of sp³-hybridized carbons (Fsp3) is 0.450. The Morgan fingerprint density at radius 1 is 1.03 bits per heavy atom. The Morgan fingerprint density at radius 3 is 2.34 bits per heavy atom. The van der Waals surface area contributed by atoms with Gasteiger partial charge in [-0.1, -0.05) is 22.4 Å². The Bertz CT molecular complexity index is 910. The Hall–Kier alpha value is -2.70. The summed E-state index contributed by atoms with van der Waals surface area (Å²) < 4.78 is 21.4. The van der Waals surface area contributed by atoms with Crippen LogP contribution in [0.4, 0.5) is 16.5 Å². The van der Waals surface area contributed by atoms with Crippen LogP contribution in [0.3, 0.4) is 0 Å². The fourth-order valence-corrected chi connectivity index (χ4v) is 4.04. The van der Waals surface area contributed by atoms with Gasteiger partial charge in [-0.2, -0.15) is 0 Å². The molecular formula is C20H25N4O6S2-. The second kappa shape index (κ2) is 13.7. The van der Waals surface area contributed by atoms with E-state index in [2.05, 4.69) is 20.1 Å². The highest BCUT2D eigenvalue weighted by atomic mass is 32.2. The number of carboxylic acid groups (broad SMARTS) is 2. The van der Waals surface area contributed by atoms with Gasteiger partial charge in [0.05, 0.1) is 12.1 Å². The highest BCUT2D eigenvalue weighted by molar-refractivity contribution is 7.79. The highest BCUT2D eigenvalue weighted by Gasteiger charge is 2.08. The number of aliphatic carboxylic acids is 2. The molecule has 10 nitrogen and oxygen atoms in total. The molecule has 0 fully saturated rings. The third-order valence-electron chi connectivity index (χ3n) is 4.39. The largest absolute Gasteiger partial charge is 0.772 e. The molecule has 0 saturated carbocycles. The molecule has 32 heavy (non-hydrogen) atoms. The molecule has 2 aromatic rings. The molecule has 0 bridgehead atoms. The van der Waals surface area contributed by atoms with Crippen molar-refractivity contribution in [2.24, 2.45) is 10.2 Å².